The Hall–Kier alpha value is -2.14. The van der Waals surface area contributed by atoms with E-state index in [1.54, 1.807) is 0 Å². The van der Waals surface area contributed by atoms with Crippen molar-refractivity contribution in [3.05, 3.63) is 53.1 Å². The van der Waals surface area contributed by atoms with Gasteiger partial charge in [0.2, 0.25) is 0 Å². The van der Waals surface area contributed by atoms with Crippen LogP contribution in [0.5, 0.6) is 0 Å². The molecule has 5 nitrogen and oxygen atoms in total. The Morgan fingerprint density at radius 1 is 1.24 bits per heavy atom. The molecule has 1 aliphatic heterocycles. The molecule has 25 heavy (non-hydrogen) atoms. The van der Waals surface area contributed by atoms with E-state index < -0.39 is 0 Å². The first-order valence-corrected chi connectivity index (χ1v) is 9.11. The van der Waals surface area contributed by atoms with Crippen molar-refractivity contribution in [2.24, 2.45) is 0 Å². The highest BCUT2D eigenvalue weighted by Gasteiger charge is 2.23. The maximum atomic E-state index is 12.9. The van der Waals surface area contributed by atoms with Crippen LogP contribution in [0, 0.1) is 0 Å². The van der Waals surface area contributed by atoms with E-state index >= 15 is 0 Å². The van der Waals surface area contributed by atoms with Crippen molar-refractivity contribution in [2.75, 3.05) is 6.54 Å². The summed E-state index contributed by atoms with van der Waals surface area (Å²) >= 11 is 0. The molecular formula is C20H27N3O2. The lowest BCUT2D eigenvalue weighted by atomic mass is 10.1. The van der Waals surface area contributed by atoms with Gasteiger partial charge in [0, 0.05) is 18.7 Å². The molecule has 0 N–H and O–H groups in total. The molecule has 0 unspecified atom stereocenters. The van der Waals surface area contributed by atoms with E-state index in [-0.39, 0.29) is 12.0 Å². The third-order valence-electron chi connectivity index (χ3n) is 4.65. The van der Waals surface area contributed by atoms with Gasteiger partial charge in [-0.15, -0.1) is 0 Å². The van der Waals surface area contributed by atoms with Crippen LogP contribution in [0.3, 0.4) is 0 Å². The molecule has 134 valence electrons. The molecule has 2 heterocycles. The molecule has 0 saturated carbocycles. The highest BCUT2D eigenvalue weighted by Crippen LogP contribution is 2.19. The van der Waals surface area contributed by atoms with E-state index in [0.717, 1.165) is 42.9 Å². The van der Waals surface area contributed by atoms with E-state index in [0.29, 0.717) is 13.2 Å². The topological polar surface area (TPSA) is 47.4 Å². The average Bonchev–Trinajstić information content (AvgIpc) is 2.87. The van der Waals surface area contributed by atoms with Crippen LogP contribution in [0.15, 0.2) is 30.6 Å². The molecule has 2 aromatic rings. The Balaban J connectivity index is 1.77. The third-order valence-corrected chi connectivity index (χ3v) is 4.65. The summed E-state index contributed by atoms with van der Waals surface area (Å²) in [6, 6.07) is 7.95. The van der Waals surface area contributed by atoms with Gasteiger partial charge < -0.3 is 14.2 Å². The molecule has 0 saturated heterocycles. The summed E-state index contributed by atoms with van der Waals surface area (Å²) in [7, 11) is 0. The van der Waals surface area contributed by atoms with E-state index in [1.807, 2.05) is 49.3 Å². The Kier molecular flexibility index (Phi) is 5.53. The summed E-state index contributed by atoms with van der Waals surface area (Å²) in [6.45, 7) is 8.89. The van der Waals surface area contributed by atoms with Crippen LogP contribution in [0.4, 0.5) is 0 Å². The largest absolute Gasteiger partial charge is 0.372 e. The second-order valence-electron chi connectivity index (χ2n) is 6.82. The number of aromatic nitrogens is 2. The lowest BCUT2D eigenvalue weighted by Crippen LogP contribution is -2.31. The first kappa shape index (κ1) is 17.7. The van der Waals surface area contributed by atoms with Gasteiger partial charge in [0.1, 0.15) is 0 Å². The van der Waals surface area contributed by atoms with Crippen molar-refractivity contribution in [3.8, 4) is 0 Å². The first-order valence-electron chi connectivity index (χ1n) is 9.11. The number of carbonyl (C=O) groups excluding carboxylic acids is 1. The van der Waals surface area contributed by atoms with E-state index in [4.69, 9.17) is 4.74 Å². The van der Waals surface area contributed by atoms with Crippen molar-refractivity contribution in [3.63, 3.8) is 0 Å². The molecule has 1 amide bonds. The van der Waals surface area contributed by atoms with Crippen molar-refractivity contribution < 1.29 is 9.53 Å². The van der Waals surface area contributed by atoms with Crippen molar-refractivity contribution in [1.82, 2.24) is 14.5 Å². The monoisotopic (exact) mass is 341 g/mol. The van der Waals surface area contributed by atoms with Crippen molar-refractivity contribution >= 4 is 5.91 Å². The number of rotatable bonds is 5. The fourth-order valence-electron chi connectivity index (χ4n) is 3.12. The minimum atomic E-state index is 0.0908. The molecule has 0 fully saturated rings. The maximum absolute atomic E-state index is 12.9. The van der Waals surface area contributed by atoms with E-state index in [1.165, 1.54) is 5.56 Å². The Bertz CT molecular complexity index is 719. The van der Waals surface area contributed by atoms with Crippen LogP contribution in [0.2, 0.25) is 0 Å². The zero-order valence-electron chi connectivity index (χ0n) is 15.4. The normalized spacial score (nSPS) is 14.5. The van der Waals surface area contributed by atoms with Gasteiger partial charge in [0.25, 0.3) is 5.91 Å². The standard InChI is InChI=1S/C20H27N3O2/c1-4-16-6-8-17(9-7-16)20(24)22-10-5-11-23-14-21-18(19(23)12-22)13-25-15(2)3/h6-9,14-15H,4-5,10-13H2,1-3H3. The summed E-state index contributed by atoms with van der Waals surface area (Å²) in [5.74, 6) is 0.0908. The van der Waals surface area contributed by atoms with Gasteiger partial charge in [-0.2, -0.15) is 0 Å². The smallest absolute Gasteiger partial charge is 0.254 e. The molecule has 0 spiro atoms. The van der Waals surface area contributed by atoms with Gasteiger partial charge in [0.05, 0.1) is 37.0 Å². The van der Waals surface area contributed by atoms with Crippen LogP contribution < -0.4 is 0 Å². The highest BCUT2D eigenvalue weighted by molar-refractivity contribution is 5.94. The van der Waals surface area contributed by atoms with Gasteiger partial charge in [-0.05, 0) is 44.4 Å². The number of fused-ring (bicyclic) bond motifs is 1. The summed E-state index contributed by atoms with van der Waals surface area (Å²) in [5.41, 5.74) is 4.04. The fourth-order valence-corrected chi connectivity index (χ4v) is 3.12. The Morgan fingerprint density at radius 2 is 2.00 bits per heavy atom. The number of ether oxygens (including phenoxy) is 1. The van der Waals surface area contributed by atoms with Crippen LogP contribution in [0.1, 0.15) is 54.5 Å². The van der Waals surface area contributed by atoms with Gasteiger partial charge in [-0.25, -0.2) is 4.98 Å². The number of amides is 1. The lowest BCUT2D eigenvalue weighted by molar-refractivity contribution is 0.0620. The van der Waals surface area contributed by atoms with Crippen LogP contribution in [0.25, 0.3) is 0 Å². The average molecular weight is 341 g/mol. The number of aryl methyl sites for hydroxylation is 2. The molecule has 0 aliphatic carbocycles. The van der Waals surface area contributed by atoms with Gasteiger partial charge >= 0.3 is 0 Å². The highest BCUT2D eigenvalue weighted by atomic mass is 16.5. The lowest BCUT2D eigenvalue weighted by Gasteiger charge is -2.21. The molecule has 0 bridgehead atoms. The summed E-state index contributed by atoms with van der Waals surface area (Å²) in [6.07, 6.45) is 3.96. The van der Waals surface area contributed by atoms with E-state index in [9.17, 15) is 4.79 Å². The number of nitrogens with zero attached hydrogens (tertiary/aromatic N) is 3. The number of imidazole rings is 1. The molecular weight excluding hydrogens is 314 g/mol. The number of benzene rings is 1. The molecule has 1 aliphatic rings. The Morgan fingerprint density at radius 3 is 2.68 bits per heavy atom. The predicted octanol–water partition coefficient (Wildman–Crippen LogP) is 3.42. The third kappa shape index (κ3) is 4.10. The van der Waals surface area contributed by atoms with Crippen molar-refractivity contribution in [2.45, 2.75) is 59.4 Å². The van der Waals surface area contributed by atoms with Crippen LogP contribution >= 0.6 is 0 Å². The molecule has 5 heteroatoms. The molecule has 1 aromatic carbocycles. The second kappa shape index (κ2) is 7.83. The summed E-state index contributed by atoms with van der Waals surface area (Å²) in [4.78, 5) is 19.4. The summed E-state index contributed by atoms with van der Waals surface area (Å²) < 4.78 is 7.88. The Labute approximate surface area is 149 Å². The molecule has 0 radical (unpaired) electrons. The quantitative estimate of drug-likeness (QED) is 0.837. The van der Waals surface area contributed by atoms with Crippen molar-refractivity contribution in [1.29, 1.82) is 0 Å². The van der Waals surface area contributed by atoms with E-state index in [2.05, 4.69) is 16.5 Å². The van der Waals surface area contributed by atoms with Crippen LogP contribution in [-0.4, -0.2) is 33.0 Å². The minimum absolute atomic E-state index is 0.0908. The zero-order valence-corrected chi connectivity index (χ0v) is 15.4. The van der Waals surface area contributed by atoms with Crippen LogP contribution in [-0.2, 0) is 30.9 Å². The fraction of sp³-hybridized carbons (Fsp3) is 0.500. The maximum Gasteiger partial charge on any atom is 0.254 e. The number of hydrogen-bond acceptors (Lipinski definition) is 3. The SMILES string of the molecule is CCc1ccc(C(=O)N2CCCn3cnc(COC(C)C)c3C2)cc1. The number of carbonyl (C=O) groups is 1. The molecule has 1 aromatic heterocycles. The minimum Gasteiger partial charge on any atom is -0.372 e. The van der Waals surface area contributed by atoms with Gasteiger partial charge in [-0.1, -0.05) is 19.1 Å². The van der Waals surface area contributed by atoms with Gasteiger partial charge in [-0.3, -0.25) is 4.79 Å². The predicted molar refractivity (Wildman–Crippen MR) is 97.3 cm³/mol. The van der Waals surface area contributed by atoms with Gasteiger partial charge in [0.15, 0.2) is 0 Å². The number of hydrogen-bond donors (Lipinski definition) is 0. The first-order chi connectivity index (χ1) is 12.1. The second-order valence-corrected chi connectivity index (χ2v) is 6.82. The summed E-state index contributed by atoms with van der Waals surface area (Å²) in [5, 5.41) is 0. The molecule has 0 atom stereocenters. The molecule has 3 rings (SSSR count). The zero-order chi connectivity index (χ0) is 17.8.